The van der Waals surface area contributed by atoms with Crippen LogP contribution in [0, 0.1) is 6.92 Å². The highest BCUT2D eigenvalue weighted by molar-refractivity contribution is 5.83. The van der Waals surface area contributed by atoms with Crippen LogP contribution in [0.15, 0.2) is 35.3 Å². The van der Waals surface area contributed by atoms with Gasteiger partial charge in [0.2, 0.25) is 0 Å². The second-order valence-corrected chi connectivity index (χ2v) is 4.50. The van der Waals surface area contributed by atoms with Crippen molar-refractivity contribution in [2.24, 2.45) is 0 Å². The molecule has 0 unspecified atom stereocenters. The number of carboxylic acid groups (broad SMARTS) is 1. The van der Waals surface area contributed by atoms with Crippen molar-refractivity contribution in [3.05, 3.63) is 46.5 Å². The summed E-state index contributed by atoms with van der Waals surface area (Å²) in [7, 11) is 0. The van der Waals surface area contributed by atoms with Gasteiger partial charge in [0.15, 0.2) is 5.82 Å². The normalized spacial score (nSPS) is 10.7. The van der Waals surface area contributed by atoms with Crippen molar-refractivity contribution in [2.75, 3.05) is 5.32 Å². The number of aromatic amines is 1. The number of carbonyl (C=O) groups is 1. The van der Waals surface area contributed by atoms with Gasteiger partial charge in [0.1, 0.15) is 0 Å². The van der Waals surface area contributed by atoms with Gasteiger partial charge in [0.25, 0.3) is 5.56 Å². The van der Waals surface area contributed by atoms with Crippen molar-refractivity contribution >= 4 is 17.4 Å². The predicted molar refractivity (Wildman–Crippen MR) is 75.4 cm³/mol. The Morgan fingerprint density at radius 3 is 2.95 bits per heavy atom. The minimum absolute atomic E-state index is 0.222. The lowest BCUT2D eigenvalue weighted by atomic mass is 10.1. The lowest BCUT2D eigenvalue weighted by Gasteiger charge is -2.02. The smallest absolute Gasteiger partial charge is 0.410 e. The molecule has 0 radical (unpaired) electrons. The molecule has 3 aromatic rings. The number of rotatable bonds is 2. The molecule has 8 heteroatoms. The first-order valence-corrected chi connectivity index (χ1v) is 6.09. The molecule has 106 valence electrons. The molecule has 1 amide bonds. The second kappa shape index (κ2) is 4.75. The molecule has 0 saturated carbocycles. The topological polar surface area (TPSA) is 112 Å². The zero-order valence-electron chi connectivity index (χ0n) is 11.0. The van der Waals surface area contributed by atoms with E-state index >= 15 is 0 Å². The Labute approximate surface area is 118 Å². The average molecular weight is 285 g/mol. The van der Waals surface area contributed by atoms with Gasteiger partial charge >= 0.3 is 6.09 Å². The summed E-state index contributed by atoms with van der Waals surface area (Å²) in [6.45, 7) is 1.78. The fourth-order valence-corrected chi connectivity index (χ4v) is 2.05. The Balaban J connectivity index is 2.10. The van der Waals surface area contributed by atoms with Crippen molar-refractivity contribution in [2.45, 2.75) is 6.92 Å². The van der Waals surface area contributed by atoms with E-state index < -0.39 is 6.09 Å². The first-order valence-electron chi connectivity index (χ1n) is 6.09. The number of H-pyrrole nitrogens is 1. The number of aryl methyl sites for hydroxylation is 1. The number of hydrogen-bond donors (Lipinski definition) is 3. The molecule has 8 nitrogen and oxygen atoms in total. The molecule has 0 saturated heterocycles. The van der Waals surface area contributed by atoms with Gasteiger partial charge in [0.05, 0.1) is 16.8 Å². The van der Waals surface area contributed by atoms with Crippen LogP contribution >= 0.6 is 0 Å². The average Bonchev–Trinajstić information content (AvgIpc) is 2.81. The Morgan fingerprint density at radius 1 is 1.38 bits per heavy atom. The number of hydrogen-bond acceptors (Lipinski definition) is 4. The Kier molecular flexibility index (Phi) is 2.90. The number of nitrogens with zero attached hydrogens (tertiary/aromatic N) is 3. The van der Waals surface area contributed by atoms with Gasteiger partial charge in [-0.05, 0) is 30.7 Å². The summed E-state index contributed by atoms with van der Waals surface area (Å²) in [6.07, 6.45) is 0.479. The van der Waals surface area contributed by atoms with Gasteiger partial charge in [-0.1, -0.05) is 0 Å². The van der Waals surface area contributed by atoms with Gasteiger partial charge in [0, 0.05) is 12.3 Å². The van der Waals surface area contributed by atoms with E-state index in [1.165, 1.54) is 4.52 Å². The Hall–Kier alpha value is -3.16. The summed E-state index contributed by atoms with van der Waals surface area (Å²) >= 11 is 0. The van der Waals surface area contributed by atoms with E-state index in [0.29, 0.717) is 22.3 Å². The number of nitrogens with one attached hydrogen (secondary N) is 2. The minimum Gasteiger partial charge on any atom is -0.465 e. The molecule has 3 rings (SSSR count). The molecular weight excluding hydrogens is 274 g/mol. The van der Waals surface area contributed by atoms with Crippen LogP contribution in [0.4, 0.5) is 10.6 Å². The van der Waals surface area contributed by atoms with E-state index in [1.807, 2.05) is 0 Å². The Morgan fingerprint density at radius 2 is 2.19 bits per heavy atom. The first kappa shape index (κ1) is 12.9. The van der Waals surface area contributed by atoms with E-state index in [1.54, 1.807) is 37.4 Å². The molecule has 0 aromatic carbocycles. The molecule has 3 aromatic heterocycles. The molecule has 0 aliphatic heterocycles. The minimum atomic E-state index is -1.18. The third-order valence-corrected chi connectivity index (χ3v) is 2.94. The van der Waals surface area contributed by atoms with Crippen molar-refractivity contribution in [3.63, 3.8) is 0 Å². The van der Waals surface area contributed by atoms with E-state index in [4.69, 9.17) is 5.11 Å². The molecule has 3 heterocycles. The lowest BCUT2D eigenvalue weighted by Crippen LogP contribution is -2.11. The lowest BCUT2D eigenvalue weighted by molar-refractivity contribution is 0.209. The fourth-order valence-electron chi connectivity index (χ4n) is 2.05. The molecule has 0 spiro atoms. The molecule has 0 aliphatic rings. The zero-order valence-corrected chi connectivity index (χ0v) is 11.0. The Bertz CT molecular complexity index is 896. The summed E-state index contributed by atoms with van der Waals surface area (Å²) in [5, 5.41) is 21.2. The quantitative estimate of drug-likeness (QED) is 0.660. The predicted octanol–water partition coefficient (Wildman–Crippen LogP) is 1.48. The highest BCUT2D eigenvalue weighted by Gasteiger charge is 2.08. The molecule has 21 heavy (non-hydrogen) atoms. The van der Waals surface area contributed by atoms with Crippen molar-refractivity contribution < 1.29 is 9.90 Å². The second-order valence-electron chi connectivity index (χ2n) is 4.50. The molecular formula is C13H11N5O3. The summed E-state index contributed by atoms with van der Waals surface area (Å²) in [4.78, 5) is 22.4. The van der Waals surface area contributed by atoms with Gasteiger partial charge in [-0.25, -0.2) is 14.4 Å². The molecule has 0 bridgehead atoms. The van der Waals surface area contributed by atoms with Crippen LogP contribution in [0.3, 0.4) is 0 Å². The summed E-state index contributed by atoms with van der Waals surface area (Å²) in [5.41, 5.74) is 2.29. The van der Waals surface area contributed by atoms with Crippen LogP contribution in [-0.4, -0.2) is 31.0 Å². The fraction of sp³-hybridized carbons (Fsp3) is 0.0769. The standard InChI is InChI=1S/C13H11N5O3/c1-7-4-10(12(19)16-15-7)8-2-3-18-9(5-8)6-11(17-18)14-13(20)21/h2-6H,1H3,(H,14,17)(H,16,19)(H,20,21). The van der Waals surface area contributed by atoms with Crippen LogP contribution in [0.5, 0.6) is 0 Å². The third-order valence-electron chi connectivity index (χ3n) is 2.94. The van der Waals surface area contributed by atoms with Crippen LogP contribution in [0.1, 0.15) is 5.69 Å². The van der Waals surface area contributed by atoms with Crippen LogP contribution in [0.2, 0.25) is 0 Å². The van der Waals surface area contributed by atoms with Crippen LogP contribution < -0.4 is 10.9 Å². The number of fused-ring (bicyclic) bond motifs is 1. The molecule has 0 fully saturated rings. The highest BCUT2D eigenvalue weighted by atomic mass is 16.4. The van der Waals surface area contributed by atoms with E-state index in [9.17, 15) is 9.59 Å². The van der Waals surface area contributed by atoms with Gasteiger partial charge < -0.3 is 5.11 Å². The summed E-state index contributed by atoms with van der Waals surface area (Å²) in [5.74, 6) is 0.222. The largest absolute Gasteiger partial charge is 0.465 e. The zero-order chi connectivity index (χ0) is 15.0. The number of amides is 1. The molecule has 3 N–H and O–H groups in total. The van der Waals surface area contributed by atoms with E-state index in [-0.39, 0.29) is 11.4 Å². The number of aromatic nitrogens is 4. The van der Waals surface area contributed by atoms with Crippen molar-refractivity contribution in [1.82, 2.24) is 19.8 Å². The number of pyridine rings is 1. The van der Waals surface area contributed by atoms with Crippen molar-refractivity contribution in [1.29, 1.82) is 0 Å². The van der Waals surface area contributed by atoms with E-state index in [2.05, 4.69) is 20.6 Å². The van der Waals surface area contributed by atoms with Gasteiger partial charge in [-0.2, -0.15) is 5.10 Å². The molecule has 0 aliphatic carbocycles. The van der Waals surface area contributed by atoms with E-state index in [0.717, 1.165) is 0 Å². The summed E-state index contributed by atoms with van der Waals surface area (Å²) < 4.78 is 1.52. The number of anilines is 1. The van der Waals surface area contributed by atoms with Gasteiger partial charge in [-0.15, -0.1) is 5.10 Å². The maximum atomic E-state index is 11.8. The highest BCUT2D eigenvalue weighted by Crippen LogP contribution is 2.19. The third kappa shape index (κ3) is 2.46. The van der Waals surface area contributed by atoms with Crippen LogP contribution in [-0.2, 0) is 0 Å². The first-order chi connectivity index (χ1) is 10.0. The SMILES string of the molecule is Cc1cc(-c2ccn3nc(NC(=O)O)cc3c2)c(=O)[nH]n1. The maximum Gasteiger partial charge on any atom is 0.410 e. The van der Waals surface area contributed by atoms with Gasteiger partial charge in [-0.3, -0.25) is 10.1 Å². The van der Waals surface area contributed by atoms with Crippen molar-refractivity contribution in [3.8, 4) is 11.1 Å². The summed E-state index contributed by atoms with van der Waals surface area (Å²) in [6, 6.07) is 6.76. The maximum absolute atomic E-state index is 11.8. The van der Waals surface area contributed by atoms with Crippen LogP contribution in [0.25, 0.3) is 16.6 Å². The molecule has 0 atom stereocenters. The monoisotopic (exact) mass is 285 g/mol.